The van der Waals surface area contributed by atoms with Crippen molar-refractivity contribution in [3.8, 4) is 0 Å². The SMILES string of the molecule is CCn1nnc2cc(C(=O)NCC(F)(F)F)ccc21. The zero-order valence-electron chi connectivity index (χ0n) is 10.0. The van der Waals surface area contributed by atoms with Crippen LogP contribution in [0.3, 0.4) is 0 Å². The lowest BCUT2D eigenvalue weighted by Gasteiger charge is -2.08. The molecule has 8 heteroatoms. The zero-order chi connectivity index (χ0) is 14.0. The van der Waals surface area contributed by atoms with Gasteiger partial charge in [-0.25, -0.2) is 4.68 Å². The van der Waals surface area contributed by atoms with Gasteiger partial charge in [-0.3, -0.25) is 4.79 Å². The zero-order valence-corrected chi connectivity index (χ0v) is 10.0. The Kier molecular flexibility index (Phi) is 3.41. The van der Waals surface area contributed by atoms with Crippen molar-refractivity contribution < 1.29 is 18.0 Å². The van der Waals surface area contributed by atoms with Crippen molar-refractivity contribution in [2.24, 2.45) is 0 Å². The minimum atomic E-state index is -4.43. The Hall–Kier alpha value is -2.12. The van der Waals surface area contributed by atoms with Crippen molar-refractivity contribution in [1.82, 2.24) is 20.3 Å². The highest BCUT2D eigenvalue weighted by atomic mass is 19.4. The maximum absolute atomic E-state index is 12.0. The van der Waals surface area contributed by atoms with Gasteiger partial charge in [-0.2, -0.15) is 13.2 Å². The van der Waals surface area contributed by atoms with Crippen molar-refractivity contribution in [1.29, 1.82) is 0 Å². The Morgan fingerprint density at radius 3 is 2.79 bits per heavy atom. The van der Waals surface area contributed by atoms with Gasteiger partial charge in [-0.15, -0.1) is 5.10 Å². The van der Waals surface area contributed by atoms with Crippen molar-refractivity contribution in [2.45, 2.75) is 19.6 Å². The van der Waals surface area contributed by atoms with Gasteiger partial charge in [-0.05, 0) is 25.1 Å². The van der Waals surface area contributed by atoms with Gasteiger partial charge < -0.3 is 5.32 Å². The summed E-state index contributed by atoms with van der Waals surface area (Å²) in [6, 6.07) is 4.48. The van der Waals surface area contributed by atoms with Gasteiger partial charge in [0.2, 0.25) is 0 Å². The van der Waals surface area contributed by atoms with Crippen molar-refractivity contribution in [2.75, 3.05) is 6.54 Å². The van der Waals surface area contributed by atoms with E-state index in [0.29, 0.717) is 12.1 Å². The van der Waals surface area contributed by atoms with E-state index < -0.39 is 18.6 Å². The molecule has 2 aromatic rings. The predicted molar refractivity (Wildman–Crippen MR) is 61.6 cm³/mol. The molecular formula is C11H11F3N4O. The molecule has 0 aliphatic carbocycles. The fraction of sp³-hybridized carbons (Fsp3) is 0.364. The molecule has 0 radical (unpaired) electrons. The number of alkyl halides is 3. The summed E-state index contributed by atoms with van der Waals surface area (Å²) in [4.78, 5) is 11.5. The molecule has 0 saturated heterocycles. The number of nitrogens with one attached hydrogen (secondary N) is 1. The molecule has 1 aromatic carbocycles. The molecule has 2 rings (SSSR count). The first kappa shape index (κ1) is 13.3. The summed E-state index contributed by atoms with van der Waals surface area (Å²) in [7, 11) is 0. The van der Waals surface area contributed by atoms with Crippen molar-refractivity contribution >= 4 is 16.9 Å². The first-order chi connectivity index (χ1) is 8.90. The highest BCUT2D eigenvalue weighted by molar-refractivity contribution is 5.97. The second kappa shape index (κ2) is 4.87. The Balaban J connectivity index is 2.19. The summed E-state index contributed by atoms with van der Waals surface area (Å²) in [6.45, 7) is 1.15. The molecule has 0 atom stereocenters. The van der Waals surface area contributed by atoms with E-state index in [9.17, 15) is 18.0 Å². The standard InChI is InChI=1S/C11H11F3N4O/c1-2-18-9-4-3-7(5-8(9)16-17-18)10(19)15-6-11(12,13)14/h3-5H,2,6H2,1H3,(H,15,19). The van der Waals surface area contributed by atoms with Crippen LogP contribution in [0.5, 0.6) is 0 Å². The van der Waals surface area contributed by atoms with E-state index in [1.54, 1.807) is 16.1 Å². The van der Waals surface area contributed by atoms with Crippen molar-refractivity contribution in [3.63, 3.8) is 0 Å². The van der Waals surface area contributed by atoms with Gasteiger partial charge in [0, 0.05) is 12.1 Å². The lowest BCUT2D eigenvalue weighted by molar-refractivity contribution is -0.123. The Labute approximate surface area is 106 Å². The van der Waals surface area contributed by atoms with Crippen LogP contribution in [-0.2, 0) is 6.54 Å². The number of aryl methyl sites for hydroxylation is 1. The molecule has 1 amide bonds. The number of benzene rings is 1. The van der Waals surface area contributed by atoms with Crippen LogP contribution in [0.15, 0.2) is 18.2 Å². The summed E-state index contributed by atoms with van der Waals surface area (Å²) in [5.41, 5.74) is 1.33. The fourth-order valence-electron chi connectivity index (χ4n) is 1.63. The molecule has 19 heavy (non-hydrogen) atoms. The van der Waals surface area contributed by atoms with E-state index >= 15 is 0 Å². The lowest BCUT2D eigenvalue weighted by Crippen LogP contribution is -2.33. The summed E-state index contributed by atoms with van der Waals surface area (Å²) in [5, 5.41) is 9.51. The Morgan fingerprint density at radius 1 is 1.42 bits per heavy atom. The quantitative estimate of drug-likeness (QED) is 0.925. The van der Waals surface area contributed by atoms with Gasteiger partial charge in [0.05, 0.1) is 5.52 Å². The molecule has 102 valence electrons. The number of nitrogens with zero attached hydrogens (tertiary/aromatic N) is 3. The van der Waals surface area contributed by atoms with Gasteiger partial charge >= 0.3 is 6.18 Å². The first-order valence-electron chi connectivity index (χ1n) is 5.59. The second-order valence-corrected chi connectivity index (χ2v) is 3.91. The molecule has 5 nitrogen and oxygen atoms in total. The number of hydrogen-bond acceptors (Lipinski definition) is 3. The largest absolute Gasteiger partial charge is 0.405 e. The first-order valence-corrected chi connectivity index (χ1v) is 5.59. The van der Waals surface area contributed by atoms with E-state index in [2.05, 4.69) is 10.3 Å². The average Bonchev–Trinajstić information content (AvgIpc) is 2.77. The van der Waals surface area contributed by atoms with Crippen LogP contribution in [0.2, 0.25) is 0 Å². The number of carbonyl (C=O) groups excluding carboxylic acids is 1. The molecule has 1 N–H and O–H groups in total. The van der Waals surface area contributed by atoms with Crippen LogP contribution in [0.4, 0.5) is 13.2 Å². The molecule has 1 aromatic heterocycles. The maximum Gasteiger partial charge on any atom is 0.405 e. The molecule has 0 spiro atoms. The third-order valence-electron chi connectivity index (χ3n) is 2.53. The molecule has 0 fully saturated rings. The average molecular weight is 272 g/mol. The lowest BCUT2D eigenvalue weighted by atomic mass is 10.2. The van der Waals surface area contributed by atoms with E-state index in [1.165, 1.54) is 12.1 Å². The van der Waals surface area contributed by atoms with Gasteiger partial charge in [0.1, 0.15) is 12.1 Å². The number of halogens is 3. The summed E-state index contributed by atoms with van der Waals surface area (Å²) < 4.78 is 37.6. The topological polar surface area (TPSA) is 59.8 Å². The number of aromatic nitrogens is 3. The number of fused-ring (bicyclic) bond motifs is 1. The third-order valence-corrected chi connectivity index (χ3v) is 2.53. The molecule has 0 aliphatic heterocycles. The van der Waals surface area contributed by atoms with Crippen LogP contribution >= 0.6 is 0 Å². The second-order valence-electron chi connectivity index (χ2n) is 3.91. The maximum atomic E-state index is 12.0. The Bertz CT molecular complexity index is 605. The van der Waals surface area contributed by atoms with Crippen LogP contribution in [0, 0.1) is 0 Å². The minimum absolute atomic E-state index is 0.125. The smallest absolute Gasteiger partial charge is 0.343 e. The Morgan fingerprint density at radius 2 is 2.16 bits per heavy atom. The molecule has 1 heterocycles. The van der Waals surface area contributed by atoms with Crippen molar-refractivity contribution in [3.05, 3.63) is 23.8 Å². The minimum Gasteiger partial charge on any atom is -0.343 e. The highest BCUT2D eigenvalue weighted by Crippen LogP contribution is 2.15. The third kappa shape index (κ3) is 3.01. The number of rotatable bonds is 3. The van der Waals surface area contributed by atoms with Crippen LogP contribution in [-0.4, -0.2) is 33.6 Å². The van der Waals surface area contributed by atoms with E-state index in [-0.39, 0.29) is 5.56 Å². The van der Waals surface area contributed by atoms with Crippen LogP contribution in [0.25, 0.3) is 11.0 Å². The molecule has 0 unspecified atom stereocenters. The molecule has 0 saturated carbocycles. The fourth-order valence-corrected chi connectivity index (χ4v) is 1.63. The summed E-state index contributed by atoms with van der Waals surface area (Å²) in [5.74, 6) is -0.787. The molecule has 0 aliphatic rings. The molecule has 0 bridgehead atoms. The van der Waals surface area contributed by atoms with E-state index in [1.807, 2.05) is 6.92 Å². The van der Waals surface area contributed by atoms with E-state index in [4.69, 9.17) is 0 Å². The highest BCUT2D eigenvalue weighted by Gasteiger charge is 2.27. The number of amides is 1. The summed E-state index contributed by atoms with van der Waals surface area (Å²) >= 11 is 0. The summed E-state index contributed by atoms with van der Waals surface area (Å²) in [6.07, 6.45) is -4.43. The van der Waals surface area contributed by atoms with Gasteiger partial charge in [-0.1, -0.05) is 5.21 Å². The van der Waals surface area contributed by atoms with Gasteiger partial charge in [0.15, 0.2) is 0 Å². The van der Waals surface area contributed by atoms with Gasteiger partial charge in [0.25, 0.3) is 5.91 Å². The number of carbonyl (C=O) groups is 1. The van der Waals surface area contributed by atoms with Crippen LogP contribution in [0.1, 0.15) is 17.3 Å². The van der Waals surface area contributed by atoms with Crippen LogP contribution < -0.4 is 5.32 Å². The number of hydrogen-bond donors (Lipinski definition) is 1. The normalized spacial score (nSPS) is 11.8. The monoisotopic (exact) mass is 272 g/mol. The molecular weight excluding hydrogens is 261 g/mol. The van der Waals surface area contributed by atoms with E-state index in [0.717, 1.165) is 5.52 Å². The predicted octanol–water partition coefficient (Wildman–Crippen LogP) is 1.74.